The zero-order valence-corrected chi connectivity index (χ0v) is 44.0. The molecule has 0 aromatic carbocycles. The van der Waals surface area contributed by atoms with E-state index < -0.39 is 89.7 Å². The average Bonchev–Trinajstić information content (AvgIpc) is 2.98. The van der Waals surface area contributed by atoms with Gasteiger partial charge in [0.2, 0.25) is 0 Å². The first-order valence-electron chi connectivity index (χ1n) is 14.8. The number of carbonyl (C=O) groups is 4. The summed E-state index contributed by atoms with van der Waals surface area (Å²) < 4.78 is 20.8. The van der Waals surface area contributed by atoms with E-state index in [-0.39, 0.29) is 146 Å². The summed E-state index contributed by atoms with van der Waals surface area (Å²) >= 11 is 13.9. The van der Waals surface area contributed by atoms with Gasteiger partial charge in [-0.3, -0.25) is 9.59 Å². The van der Waals surface area contributed by atoms with Gasteiger partial charge in [0.15, 0.2) is 0 Å². The van der Waals surface area contributed by atoms with Crippen LogP contribution in [-0.4, -0.2) is 128 Å². The van der Waals surface area contributed by atoms with Crippen LogP contribution >= 0.6 is 7.92 Å². The minimum absolute atomic E-state index is 0. The number of ether oxygens (including phenoxy) is 4. The quantitative estimate of drug-likeness (QED) is 0.0689. The van der Waals surface area contributed by atoms with Crippen LogP contribution < -0.4 is 69.3 Å². The van der Waals surface area contributed by atoms with Gasteiger partial charge in [0.1, 0.15) is 30.5 Å². The molecule has 0 radical (unpaired) electrons. The first-order valence-corrected chi connectivity index (χ1v) is 18.4. The molecule has 2 heterocycles. The van der Waals surface area contributed by atoms with Gasteiger partial charge in [-0.25, -0.2) is 0 Å². The van der Waals surface area contributed by atoms with Crippen molar-refractivity contribution in [3.63, 3.8) is 0 Å². The molecule has 14 nitrogen and oxygen atoms in total. The maximum atomic E-state index is 11.2. The molecule has 0 saturated carbocycles. The zero-order chi connectivity index (χ0) is 36.3. The fourth-order valence-electron chi connectivity index (χ4n) is 4.24. The first-order chi connectivity index (χ1) is 21.3. The second-order valence-corrected chi connectivity index (χ2v) is 15.5. The molecular weight excluding hydrogens is 1320 g/mol. The number of carboxylic acids is 2. The third-order valence-electron chi connectivity index (χ3n) is 6.98. The van der Waals surface area contributed by atoms with Crippen molar-refractivity contribution in [3.8, 4) is 0 Å². The normalized spacial score (nSPS) is 27.9. The van der Waals surface area contributed by atoms with Crippen LogP contribution in [0.2, 0.25) is 0 Å². The molecule has 0 amide bonds. The van der Waals surface area contributed by atoms with Crippen LogP contribution in [0.5, 0.6) is 0 Å². The van der Waals surface area contributed by atoms with Gasteiger partial charge in [-0.15, -0.1) is 5.25 Å². The summed E-state index contributed by atoms with van der Waals surface area (Å²) in [5, 5.41) is 54.1. The van der Waals surface area contributed by atoms with E-state index >= 15 is 0 Å². The summed E-state index contributed by atoms with van der Waals surface area (Å²) in [6.45, 7) is 13.0. The third kappa shape index (κ3) is 29.2. The van der Waals surface area contributed by atoms with Crippen molar-refractivity contribution in [1.29, 1.82) is 0 Å². The molecule has 0 aromatic rings. The van der Waals surface area contributed by atoms with E-state index in [0.717, 1.165) is 6.42 Å². The predicted octanol–water partition coefficient (Wildman–Crippen LogP) is -8.45. The van der Waals surface area contributed by atoms with Gasteiger partial charge in [-0.1, -0.05) is 13.8 Å². The standard InChI is InChI=1S/C12H20O5S.C6H12O5S.C6H15P.C4H6O4S.3Au.2Na/c1-5-9-6(2)10(15-7(3)13)11(12(18)17-9)16-8(4)14;7-1-2-3(8)4(9)5(10)6(12)11-2;1-4-7(5-2)6-3;5-3(6)1-2(9)4(7)8;;;;;/h6,9-12,18H,5H2,1-4H3;2-10,12H,1H2;4-6H2,1-3H3;2,9H,1H2,(H,5,6)(H,7,8);;;;;/q;;;;5*+1/p-4/t6-,9-,10+,11-,12-;2-,3-,4+,5-,6-;;;;;;;/m11......./s1. The number of hydrogen-bond donors (Lipinski definition) is 4. The SMILES string of the molecule is CC[C@H]1O[C@H]([S-])[C@H](OC(C)=O)[C@@H](OC(C)=O)[C@@H]1C.CC[PH+](CC)CC.O=C([O-])CC([S-])C(=O)[O-].OC[C@H]1O[C@H]([S-])[C@H](O)[C@@H](O)[C@@H]1O.[Au+].[Au+].[Au+].[Na+].[Na+]. The molecule has 2 saturated heterocycles. The largest absolute Gasteiger partial charge is 1.00 e. The fourth-order valence-corrected chi connectivity index (χ4v) is 6.53. The first kappa shape index (κ1) is 69.0. The van der Waals surface area contributed by atoms with E-state index in [1.807, 2.05) is 13.8 Å². The molecule has 23 heteroatoms. The molecule has 51 heavy (non-hydrogen) atoms. The summed E-state index contributed by atoms with van der Waals surface area (Å²) in [7, 11) is 0.137. The number of esters is 2. The molecule has 0 aliphatic carbocycles. The average molecular weight is 1370 g/mol. The fraction of sp³-hybridized carbons (Fsp3) is 0.857. The second kappa shape index (κ2) is 38.8. The Morgan fingerprint density at radius 3 is 1.47 bits per heavy atom. The van der Waals surface area contributed by atoms with E-state index in [1.54, 1.807) is 0 Å². The topological polar surface area (TPSA) is 232 Å². The molecule has 1 unspecified atom stereocenters. The number of carbonyl (C=O) groups excluding carboxylic acids is 4. The number of carboxylic acid groups (broad SMARTS) is 2. The minimum Gasteiger partial charge on any atom is -0.783 e. The Labute approximate surface area is 410 Å². The van der Waals surface area contributed by atoms with Crippen LogP contribution in [0.1, 0.15) is 61.3 Å². The number of aliphatic hydroxyl groups is 4. The Kier molecular flexibility index (Phi) is 52.5. The van der Waals surface area contributed by atoms with E-state index in [4.69, 9.17) is 46.9 Å². The number of aliphatic hydroxyl groups excluding tert-OH is 4. The van der Waals surface area contributed by atoms with Crippen molar-refractivity contribution in [2.75, 3.05) is 25.1 Å². The van der Waals surface area contributed by atoms with E-state index in [2.05, 4.69) is 46.0 Å². The predicted molar refractivity (Wildman–Crippen MR) is 173 cm³/mol. The second-order valence-electron chi connectivity index (χ2n) is 10.4. The molecule has 2 aliphatic heterocycles. The Bertz CT molecular complexity index is 918. The Hall–Kier alpha value is 3.34. The van der Waals surface area contributed by atoms with E-state index in [9.17, 15) is 34.5 Å². The monoisotopic (exact) mass is 1370 g/mol. The van der Waals surface area contributed by atoms with Gasteiger partial charge in [0.25, 0.3) is 0 Å². The van der Waals surface area contributed by atoms with Crippen LogP contribution in [0.15, 0.2) is 0 Å². The van der Waals surface area contributed by atoms with Crippen molar-refractivity contribution in [2.24, 2.45) is 5.92 Å². The van der Waals surface area contributed by atoms with E-state index in [0.29, 0.717) is 0 Å². The summed E-state index contributed by atoms with van der Waals surface area (Å²) in [6.07, 6.45) is -1.73. The molecule has 0 spiro atoms. The Morgan fingerprint density at radius 2 is 1.18 bits per heavy atom. The van der Waals surface area contributed by atoms with Crippen LogP contribution in [0, 0.1) is 5.92 Å². The van der Waals surface area contributed by atoms with E-state index in [1.165, 1.54) is 32.3 Å². The van der Waals surface area contributed by atoms with Crippen LogP contribution in [-0.2, 0) is 143 Å². The molecule has 302 valence electrons. The molecule has 0 aromatic heterocycles. The van der Waals surface area contributed by atoms with Crippen molar-refractivity contribution < 1.29 is 195 Å². The Morgan fingerprint density at radius 1 is 0.765 bits per heavy atom. The molecule has 2 fully saturated rings. The molecule has 0 bridgehead atoms. The molecule has 11 atom stereocenters. The van der Waals surface area contributed by atoms with Crippen LogP contribution in [0.3, 0.4) is 0 Å². The summed E-state index contributed by atoms with van der Waals surface area (Å²) in [4.78, 5) is 41.6. The maximum absolute atomic E-state index is 11.2. The number of rotatable bonds is 10. The van der Waals surface area contributed by atoms with Crippen molar-refractivity contribution in [1.82, 2.24) is 0 Å². The molecular formula is C28H49Au3Na2O14PS3+. The smallest absolute Gasteiger partial charge is 0.783 e. The van der Waals surface area contributed by atoms with Gasteiger partial charge in [-0.2, -0.15) is 0 Å². The van der Waals surface area contributed by atoms with Crippen molar-refractivity contribution >= 4 is 69.7 Å². The molecule has 4 N–H and O–H groups in total. The molecule has 2 aliphatic rings. The number of aliphatic carboxylic acids is 2. The number of hydrogen-bond acceptors (Lipinski definition) is 17. The Balaban J connectivity index is -0.000000104. The van der Waals surface area contributed by atoms with Crippen LogP contribution in [0.4, 0.5) is 0 Å². The van der Waals surface area contributed by atoms with Crippen molar-refractivity contribution in [3.05, 3.63) is 0 Å². The third-order valence-corrected chi connectivity index (χ3v) is 11.1. The summed E-state index contributed by atoms with van der Waals surface area (Å²) in [6, 6.07) is 0. The molecule has 2 rings (SSSR count). The summed E-state index contributed by atoms with van der Waals surface area (Å²) in [5.74, 6) is -3.96. The van der Waals surface area contributed by atoms with Crippen LogP contribution in [0.25, 0.3) is 0 Å². The van der Waals surface area contributed by atoms with Gasteiger partial charge >= 0.3 is 138 Å². The van der Waals surface area contributed by atoms with Gasteiger partial charge < -0.3 is 97.1 Å². The maximum Gasteiger partial charge on any atom is 1.00 e. The van der Waals surface area contributed by atoms with Crippen molar-refractivity contribution in [2.45, 2.75) is 120 Å². The van der Waals surface area contributed by atoms with Gasteiger partial charge in [-0.05, 0) is 52.4 Å². The minimum atomic E-state index is -1.55. The summed E-state index contributed by atoms with van der Waals surface area (Å²) in [5.41, 5.74) is -1.68. The zero-order valence-electron chi connectivity index (χ0n) is 30.1. The van der Waals surface area contributed by atoms with Gasteiger partial charge in [0, 0.05) is 31.7 Å². The van der Waals surface area contributed by atoms with Gasteiger partial charge in [0.05, 0.1) is 37.3 Å².